The molecule has 2 aliphatic rings. The van der Waals surface area contributed by atoms with Crippen LogP contribution in [0.1, 0.15) is 44.3 Å². The molecule has 1 saturated heterocycles. The van der Waals surface area contributed by atoms with Crippen molar-refractivity contribution in [2.45, 2.75) is 44.8 Å². The lowest BCUT2D eigenvalue weighted by molar-refractivity contribution is -0.0658. The summed E-state index contributed by atoms with van der Waals surface area (Å²) in [6.07, 6.45) is 4.39. The van der Waals surface area contributed by atoms with Crippen LogP contribution in [0.15, 0.2) is 4.52 Å². The van der Waals surface area contributed by atoms with E-state index in [-0.39, 0.29) is 5.60 Å². The van der Waals surface area contributed by atoms with Crippen LogP contribution in [0.5, 0.6) is 0 Å². The van der Waals surface area contributed by atoms with Crippen LogP contribution in [0.2, 0.25) is 0 Å². The Labute approximate surface area is 126 Å². The van der Waals surface area contributed by atoms with Gasteiger partial charge in [-0.15, -0.1) is 0 Å². The summed E-state index contributed by atoms with van der Waals surface area (Å²) in [5, 5.41) is 7.58. The first kappa shape index (κ1) is 14.9. The minimum absolute atomic E-state index is 0.344. The van der Waals surface area contributed by atoms with Gasteiger partial charge in [0.25, 0.3) is 0 Å². The minimum atomic E-state index is -0.344. The molecule has 1 aliphatic heterocycles. The number of nitrogens with zero attached hydrogens (tertiary/aromatic N) is 3. The highest BCUT2D eigenvalue weighted by atomic mass is 16.5. The zero-order chi connectivity index (χ0) is 14.7. The lowest BCUT2D eigenvalue weighted by Gasteiger charge is -2.36. The Bertz CT molecular complexity index is 458. The third kappa shape index (κ3) is 3.27. The van der Waals surface area contributed by atoms with E-state index in [9.17, 15) is 0 Å². The van der Waals surface area contributed by atoms with Gasteiger partial charge in [-0.05, 0) is 25.2 Å². The van der Waals surface area contributed by atoms with E-state index in [1.54, 1.807) is 7.11 Å². The Morgan fingerprint density at radius 1 is 1.43 bits per heavy atom. The van der Waals surface area contributed by atoms with Crippen LogP contribution in [-0.4, -0.2) is 48.3 Å². The second-order valence-electron chi connectivity index (χ2n) is 6.44. The maximum absolute atomic E-state index is 5.83. The van der Waals surface area contributed by atoms with E-state index in [1.165, 1.54) is 6.42 Å². The van der Waals surface area contributed by atoms with Crippen molar-refractivity contribution in [2.75, 3.05) is 33.3 Å². The van der Waals surface area contributed by atoms with Crippen molar-refractivity contribution >= 4 is 0 Å². The van der Waals surface area contributed by atoms with Gasteiger partial charge in [0.15, 0.2) is 0 Å². The third-order valence-corrected chi connectivity index (χ3v) is 4.79. The van der Waals surface area contributed by atoms with E-state index in [0.29, 0.717) is 11.8 Å². The summed E-state index contributed by atoms with van der Waals surface area (Å²) in [4.78, 5) is 6.98. The van der Waals surface area contributed by atoms with Gasteiger partial charge in [0, 0.05) is 33.3 Å². The topological polar surface area (TPSA) is 63.4 Å². The first-order valence-corrected chi connectivity index (χ1v) is 8.03. The van der Waals surface area contributed by atoms with Crippen LogP contribution in [0.4, 0.5) is 0 Å². The second kappa shape index (κ2) is 6.42. The molecule has 0 aromatic carbocycles. The predicted molar refractivity (Wildman–Crippen MR) is 78.8 cm³/mol. The molecule has 0 amide bonds. The van der Waals surface area contributed by atoms with Crippen LogP contribution < -0.4 is 5.32 Å². The van der Waals surface area contributed by atoms with E-state index in [1.807, 2.05) is 0 Å². The average molecular weight is 294 g/mol. The van der Waals surface area contributed by atoms with Gasteiger partial charge in [-0.25, -0.2) is 0 Å². The largest absolute Gasteiger partial charge is 0.370 e. The Morgan fingerprint density at radius 2 is 2.24 bits per heavy atom. The Balaban J connectivity index is 1.70. The normalized spacial score (nSPS) is 31.4. The number of rotatable bonds is 4. The maximum atomic E-state index is 5.83. The van der Waals surface area contributed by atoms with E-state index in [0.717, 1.165) is 57.8 Å². The summed E-state index contributed by atoms with van der Waals surface area (Å²) in [6.45, 7) is 7.13. The highest BCUT2D eigenvalue weighted by Crippen LogP contribution is 2.41. The van der Waals surface area contributed by atoms with Gasteiger partial charge >= 0.3 is 0 Å². The van der Waals surface area contributed by atoms with Gasteiger partial charge < -0.3 is 14.6 Å². The molecule has 1 saturated carbocycles. The number of nitrogens with one attached hydrogen (secondary N) is 1. The van der Waals surface area contributed by atoms with Crippen molar-refractivity contribution in [3.63, 3.8) is 0 Å². The number of piperazine rings is 1. The molecule has 21 heavy (non-hydrogen) atoms. The molecule has 1 N–H and O–H groups in total. The molecule has 3 rings (SSSR count). The number of aromatic nitrogens is 2. The fourth-order valence-electron chi connectivity index (χ4n) is 3.55. The molecule has 1 aromatic heterocycles. The first-order valence-electron chi connectivity index (χ1n) is 8.03. The minimum Gasteiger partial charge on any atom is -0.370 e. The molecular formula is C15H26N4O2. The lowest BCUT2D eigenvalue weighted by Crippen LogP contribution is -2.43. The molecule has 0 radical (unpaired) electrons. The Hall–Kier alpha value is -0.980. The molecule has 1 aromatic rings. The quantitative estimate of drug-likeness (QED) is 0.908. The first-order chi connectivity index (χ1) is 10.2. The molecule has 1 aliphatic carbocycles. The molecule has 118 valence electrons. The molecule has 0 bridgehead atoms. The van der Waals surface area contributed by atoms with Crippen molar-refractivity contribution in [3.05, 3.63) is 11.7 Å². The van der Waals surface area contributed by atoms with Gasteiger partial charge in [0.2, 0.25) is 11.7 Å². The van der Waals surface area contributed by atoms with Gasteiger partial charge in [-0.3, -0.25) is 4.90 Å². The SMILES string of the molecule is COC1(c2noc(CN3CCNCC3)n2)CCCC(C)C1. The van der Waals surface area contributed by atoms with E-state index in [2.05, 4.69) is 27.3 Å². The molecule has 2 heterocycles. The number of hydrogen-bond acceptors (Lipinski definition) is 6. The van der Waals surface area contributed by atoms with Crippen molar-refractivity contribution in [2.24, 2.45) is 5.92 Å². The second-order valence-corrected chi connectivity index (χ2v) is 6.44. The van der Waals surface area contributed by atoms with Crippen LogP contribution in [0, 0.1) is 5.92 Å². The predicted octanol–water partition coefficient (Wildman–Crippen LogP) is 1.53. The lowest BCUT2D eigenvalue weighted by atomic mass is 9.78. The van der Waals surface area contributed by atoms with E-state index < -0.39 is 0 Å². The molecule has 6 heteroatoms. The number of hydrogen-bond donors (Lipinski definition) is 1. The molecule has 0 spiro atoms. The zero-order valence-corrected chi connectivity index (χ0v) is 13.1. The number of ether oxygens (including phenoxy) is 1. The van der Waals surface area contributed by atoms with Gasteiger partial charge in [-0.2, -0.15) is 4.98 Å². The van der Waals surface area contributed by atoms with Gasteiger partial charge in [0.1, 0.15) is 5.60 Å². The number of methoxy groups -OCH3 is 1. The van der Waals surface area contributed by atoms with E-state index >= 15 is 0 Å². The molecular weight excluding hydrogens is 268 g/mol. The Morgan fingerprint density at radius 3 is 2.95 bits per heavy atom. The Kier molecular flexibility index (Phi) is 4.57. The summed E-state index contributed by atoms with van der Waals surface area (Å²) in [5.41, 5.74) is -0.344. The summed E-state index contributed by atoms with van der Waals surface area (Å²) in [7, 11) is 1.77. The molecule has 2 unspecified atom stereocenters. The van der Waals surface area contributed by atoms with Crippen LogP contribution in [0.25, 0.3) is 0 Å². The van der Waals surface area contributed by atoms with Crippen LogP contribution in [-0.2, 0) is 16.9 Å². The van der Waals surface area contributed by atoms with E-state index in [4.69, 9.17) is 9.26 Å². The zero-order valence-electron chi connectivity index (χ0n) is 13.1. The summed E-state index contributed by atoms with van der Waals surface area (Å²) in [5.74, 6) is 2.09. The molecule has 6 nitrogen and oxygen atoms in total. The third-order valence-electron chi connectivity index (χ3n) is 4.79. The van der Waals surface area contributed by atoms with Gasteiger partial charge in [0.05, 0.1) is 6.54 Å². The standard InChI is InChI=1S/C15H26N4O2/c1-12-4-3-5-15(10-12,20-2)14-17-13(21-18-14)11-19-8-6-16-7-9-19/h12,16H,3-11H2,1-2H3. The summed E-state index contributed by atoms with van der Waals surface area (Å²) >= 11 is 0. The van der Waals surface area contributed by atoms with Gasteiger partial charge in [-0.1, -0.05) is 18.5 Å². The summed E-state index contributed by atoms with van der Waals surface area (Å²) in [6, 6.07) is 0. The van der Waals surface area contributed by atoms with Crippen molar-refractivity contribution < 1.29 is 9.26 Å². The fourth-order valence-corrected chi connectivity index (χ4v) is 3.55. The maximum Gasteiger partial charge on any atom is 0.240 e. The summed E-state index contributed by atoms with van der Waals surface area (Å²) < 4.78 is 11.3. The van der Waals surface area contributed by atoms with Crippen molar-refractivity contribution in [3.8, 4) is 0 Å². The highest BCUT2D eigenvalue weighted by Gasteiger charge is 2.41. The highest BCUT2D eigenvalue weighted by molar-refractivity contribution is 5.04. The molecule has 2 fully saturated rings. The molecule has 2 atom stereocenters. The fraction of sp³-hybridized carbons (Fsp3) is 0.867. The smallest absolute Gasteiger partial charge is 0.240 e. The average Bonchev–Trinajstić information content (AvgIpc) is 2.97. The van der Waals surface area contributed by atoms with Crippen molar-refractivity contribution in [1.29, 1.82) is 0 Å². The van der Waals surface area contributed by atoms with Crippen molar-refractivity contribution in [1.82, 2.24) is 20.4 Å². The van der Waals surface area contributed by atoms with Crippen LogP contribution in [0.3, 0.4) is 0 Å². The monoisotopic (exact) mass is 294 g/mol. The van der Waals surface area contributed by atoms with Crippen LogP contribution >= 0.6 is 0 Å².